The van der Waals surface area contributed by atoms with Gasteiger partial charge in [0.05, 0.1) is 6.10 Å². The number of methoxy groups -OCH3 is 1. The Bertz CT molecular complexity index is 411. The van der Waals surface area contributed by atoms with Gasteiger partial charge in [-0.1, -0.05) is 0 Å². The van der Waals surface area contributed by atoms with Crippen LogP contribution in [0.3, 0.4) is 0 Å². The molecule has 0 bridgehead atoms. The van der Waals surface area contributed by atoms with E-state index >= 15 is 0 Å². The van der Waals surface area contributed by atoms with E-state index < -0.39 is 0 Å². The molecule has 0 aromatic carbocycles. The highest BCUT2D eigenvalue weighted by Crippen LogP contribution is 2.22. The van der Waals surface area contributed by atoms with Gasteiger partial charge < -0.3 is 9.64 Å². The van der Waals surface area contributed by atoms with Crippen LogP contribution in [0.15, 0.2) is 0 Å². The number of nitrogens with one attached hydrogen (secondary N) is 1. The maximum absolute atomic E-state index is 5.36. The van der Waals surface area contributed by atoms with Gasteiger partial charge in [-0.15, -0.1) is 5.10 Å². The molecule has 16 heavy (non-hydrogen) atoms. The second-order valence-corrected chi connectivity index (χ2v) is 4.77. The smallest absolute Gasteiger partial charge is 0.226 e. The molecule has 1 aliphatic heterocycles. The van der Waals surface area contributed by atoms with Crippen LogP contribution in [0.4, 0.5) is 5.95 Å². The summed E-state index contributed by atoms with van der Waals surface area (Å²) in [5, 5.41) is 7.17. The van der Waals surface area contributed by atoms with Gasteiger partial charge in [0.1, 0.15) is 0 Å². The van der Waals surface area contributed by atoms with Crippen molar-refractivity contribution in [3.8, 4) is 0 Å². The standard InChI is InChI=1S/C10H18N4OS/c1-7(2)14-9(11-12-10(14)16)13-5-4-8(6-13)15-3/h7-8H,4-6H2,1-3H3,(H,12,16). The second-order valence-electron chi connectivity index (χ2n) is 4.38. The van der Waals surface area contributed by atoms with Crippen LogP contribution >= 0.6 is 12.2 Å². The lowest BCUT2D eigenvalue weighted by atomic mass is 10.3. The summed E-state index contributed by atoms with van der Waals surface area (Å²) in [6.45, 7) is 6.09. The highest BCUT2D eigenvalue weighted by molar-refractivity contribution is 7.71. The van der Waals surface area contributed by atoms with Gasteiger partial charge in [-0.25, -0.2) is 5.10 Å². The average molecular weight is 242 g/mol. The van der Waals surface area contributed by atoms with Gasteiger partial charge in [-0.05, 0) is 32.5 Å². The first kappa shape index (κ1) is 11.6. The summed E-state index contributed by atoms with van der Waals surface area (Å²) in [5.74, 6) is 0.930. The Kier molecular flexibility index (Phi) is 3.30. The Balaban J connectivity index is 2.25. The molecule has 1 atom stereocenters. The first-order chi connectivity index (χ1) is 7.63. The maximum Gasteiger partial charge on any atom is 0.226 e. The van der Waals surface area contributed by atoms with Crippen molar-refractivity contribution in [2.24, 2.45) is 0 Å². The van der Waals surface area contributed by atoms with Gasteiger partial charge in [0.25, 0.3) is 0 Å². The Morgan fingerprint density at radius 1 is 1.56 bits per heavy atom. The number of aromatic amines is 1. The first-order valence-corrected chi connectivity index (χ1v) is 5.99. The number of nitrogens with zero attached hydrogens (tertiary/aromatic N) is 3. The molecule has 0 amide bonds. The van der Waals surface area contributed by atoms with Gasteiger partial charge in [-0.2, -0.15) is 0 Å². The Morgan fingerprint density at radius 2 is 2.31 bits per heavy atom. The fourth-order valence-corrected chi connectivity index (χ4v) is 2.43. The van der Waals surface area contributed by atoms with E-state index in [1.165, 1.54) is 0 Å². The lowest BCUT2D eigenvalue weighted by Crippen LogP contribution is -2.26. The minimum absolute atomic E-state index is 0.311. The molecule has 90 valence electrons. The van der Waals surface area contributed by atoms with E-state index in [0.717, 1.165) is 25.5 Å². The number of anilines is 1. The SMILES string of the molecule is COC1CCN(c2n[nH]c(=S)n2C(C)C)C1. The zero-order valence-electron chi connectivity index (χ0n) is 9.93. The van der Waals surface area contributed by atoms with E-state index in [1.54, 1.807) is 7.11 Å². The molecule has 1 saturated heterocycles. The minimum Gasteiger partial charge on any atom is -0.380 e. The van der Waals surface area contributed by atoms with Gasteiger partial charge in [0, 0.05) is 26.2 Å². The molecule has 5 nitrogen and oxygen atoms in total. The van der Waals surface area contributed by atoms with E-state index in [1.807, 2.05) is 4.57 Å². The number of rotatable bonds is 3. The third-order valence-corrected chi connectivity index (χ3v) is 3.25. The normalized spacial score (nSPS) is 21.0. The molecule has 0 aliphatic carbocycles. The molecule has 0 saturated carbocycles. The molecule has 0 spiro atoms. The van der Waals surface area contributed by atoms with Crippen LogP contribution in [0.1, 0.15) is 26.3 Å². The van der Waals surface area contributed by atoms with Crippen molar-refractivity contribution in [1.29, 1.82) is 0 Å². The quantitative estimate of drug-likeness (QED) is 0.820. The molecule has 1 unspecified atom stereocenters. The zero-order valence-corrected chi connectivity index (χ0v) is 10.8. The number of hydrogen-bond acceptors (Lipinski definition) is 4. The second kappa shape index (κ2) is 4.55. The fourth-order valence-electron chi connectivity index (χ4n) is 2.09. The predicted octanol–water partition coefficient (Wildman–Crippen LogP) is 1.75. The highest BCUT2D eigenvalue weighted by Gasteiger charge is 2.26. The van der Waals surface area contributed by atoms with Crippen molar-refractivity contribution in [3.63, 3.8) is 0 Å². The van der Waals surface area contributed by atoms with Gasteiger partial charge in [0.15, 0.2) is 4.77 Å². The largest absolute Gasteiger partial charge is 0.380 e. The number of H-pyrrole nitrogens is 1. The Labute approximate surface area is 100 Å². The first-order valence-electron chi connectivity index (χ1n) is 5.58. The molecule has 1 aromatic rings. The summed E-state index contributed by atoms with van der Waals surface area (Å²) >= 11 is 5.23. The average Bonchev–Trinajstić information content (AvgIpc) is 2.82. The Hall–Kier alpha value is -0.880. The molecule has 1 aromatic heterocycles. The van der Waals surface area contributed by atoms with Crippen LogP contribution in [-0.2, 0) is 4.74 Å². The lowest BCUT2D eigenvalue weighted by molar-refractivity contribution is 0.121. The number of aromatic nitrogens is 3. The van der Waals surface area contributed by atoms with Crippen LogP contribution < -0.4 is 4.90 Å². The van der Waals surface area contributed by atoms with Crippen molar-refractivity contribution in [3.05, 3.63) is 4.77 Å². The summed E-state index contributed by atoms with van der Waals surface area (Å²) in [7, 11) is 1.76. The van der Waals surface area contributed by atoms with Gasteiger partial charge in [-0.3, -0.25) is 4.57 Å². The van der Waals surface area contributed by atoms with E-state index in [4.69, 9.17) is 17.0 Å². The molecule has 2 heterocycles. The van der Waals surface area contributed by atoms with Crippen LogP contribution in [0.2, 0.25) is 0 Å². The molecular formula is C10H18N4OS. The molecule has 1 N–H and O–H groups in total. The summed E-state index contributed by atoms with van der Waals surface area (Å²) in [4.78, 5) is 2.22. The topological polar surface area (TPSA) is 46.1 Å². The third-order valence-electron chi connectivity index (χ3n) is 2.96. The summed E-state index contributed by atoms with van der Waals surface area (Å²) in [5.41, 5.74) is 0. The van der Waals surface area contributed by atoms with Crippen LogP contribution in [-0.4, -0.2) is 41.1 Å². The summed E-state index contributed by atoms with van der Waals surface area (Å²) < 4.78 is 8.09. The van der Waals surface area contributed by atoms with Crippen molar-refractivity contribution in [2.75, 3.05) is 25.1 Å². The third kappa shape index (κ3) is 1.99. The van der Waals surface area contributed by atoms with E-state index in [9.17, 15) is 0 Å². The summed E-state index contributed by atoms with van der Waals surface area (Å²) in [6, 6.07) is 0.322. The van der Waals surface area contributed by atoms with Crippen LogP contribution in [0, 0.1) is 4.77 Å². The van der Waals surface area contributed by atoms with Crippen molar-refractivity contribution < 1.29 is 4.74 Å². The van der Waals surface area contributed by atoms with Gasteiger partial charge >= 0.3 is 0 Å². The number of hydrogen-bond donors (Lipinski definition) is 1. The molecule has 1 aliphatic rings. The summed E-state index contributed by atoms with van der Waals surface area (Å²) in [6.07, 6.45) is 1.36. The van der Waals surface area contributed by atoms with Gasteiger partial charge in [0.2, 0.25) is 5.95 Å². The highest BCUT2D eigenvalue weighted by atomic mass is 32.1. The molecule has 1 fully saturated rings. The van der Waals surface area contributed by atoms with Crippen LogP contribution in [0.25, 0.3) is 0 Å². The zero-order chi connectivity index (χ0) is 11.7. The molecule has 0 radical (unpaired) electrons. The minimum atomic E-state index is 0.311. The fraction of sp³-hybridized carbons (Fsp3) is 0.800. The lowest BCUT2D eigenvalue weighted by Gasteiger charge is -2.19. The van der Waals surface area contributed by atoms with E-state index in [0.29, 0.717) is 16.9 Å². The van der Waals surface area contributed by atoms with Crippen LogP contribution in [0.5, 0.6) is 0 Å². The molecule has 2 rings (SSSR count). The Morgan fingerprint density at radius 3 is 2.88 bits per heavy atom. The van der Waals surface area contributed by atoms with E-state index in [2.05, 4.69) is 28.9 Å². The van der Waals surface area contributed by atoms with Crippen molar-refractivity contribution in [2.45, 2.75) is 32.4 Å². The monoisotopic (exact) mass is 242 g/mol. The van der Waals surface area contributed by atoms with Crippen molar-refractivity contribution in [1.82, 2.24) is 14.8 Å². The van der Waals surface area contributed by atoms with E-state index in [-0.39, 0.29) is 0 Å². The number of ether oxygens (including phenoxy) is 1. The maximum atomic E-state index is 5.36. The predicted molar refractivity (Wildman–Crippen MR) is 65.4 cm³/mol. The molecular weight excluding hydrogens is 224 g/mol. The van der Waals surface area contributed by atoms with Crippen molar-refractivity contribution >= 4 is 18.2 Å². The molecule has 6 heteroatoms.